The molecule has 0 aliphatic carbocycles. The molecule has 0 bridgehead atoms. The highest BCUT2D eigenvalue weighted by atomic mass is 16.2. The van der Waals surface area contributed by atoms with Crippen LogP contribution in [0, 0.1) is 6.92 Å². The summed E-state index contributed by atoms with van der Waals surface area (Å²) in [6, 6.07) is 8.06. The summed E-state index contributed by atoms with van der Waals surface area (Å²) in [5, 5.41) is 5.60. The van der Waals surface area contributed by atoms with E-state index in [0.717, 1.165) is 13.1 Å². The van der Waals surface area contributed by atoms with Crippen molar-refractivity contribution in [2.24, 2.45) is 0 Å². The maximum atomic E-state index is 12.0. The molecule has 0 spiro atoms. The fraction of sp³-hybridized carbons (Fsp3) is 0.500. The van der Waals surface area contributed by atoms with Crippen LogP contribution in [0.1, 0.15) is 12.5 Å². The number of hydrogen-bond acceptors (Lipinski definition) is 3. The molecule has 1 aliphatic heterocycles. The lowest BCUT2D eigenvalue weighted by atomic mass is 10.2. The average Bonchev–Trinajstić information content (AvgIpc) is 2.52. The van der Waals surface area contributed by atoms with Crippen LogP contribution in [-0.2, 0) is 4.79 Å². The molecule has 0 radical (unpaired) electrons. The molecule has 3 amide bonds. The Morgan fingerprint density at radius 1 is 1.41 bits per heavy atom. The molecule has 1 saturated heterocycles. The van der Waals surface area contributed by atoms with Gasteiger partial charge in [0.1, 0.15) is 6.54 Å². The summed E-state index contributed by atoms with van der Waals surface area (Å²) in [6.45, 7) is 7.59. The standard InChI is InChI=1S/C16H24N4O2/c1-3-19(14-7-5-4-6-13(14)2)10-9-18-16(22)20-11-8-17-15(21)12-20/h4-7H,3,8-12H2,1-2H3,(H,17,21)(H,18,22). The molecule has 0 unspecified atom stereocenters. The van der Waals surface area contributed by atoms with E-state index in [0.29, 0.717) is 19.6 Å². The van der Waals surface area contributed by atoms with Crippen LogP contribution in [0.15, 0.2) is 24.3 Å². The van der Waals surface area contributed by atoms with E-state index >= 15 is 0 Å². The zero-order valence-electron chi connectivity index (χ0n) is 13.3. The Hall–Kier alpha value is -2.24. The summed E-state index contributed by atoms with van der Waals surface area (Å²) in [7, 11) is 0. The molecular weight excluding hydrogens is 280 g/mol. The van der Waals surface area contributed by atoms with Crippen LogP contribution in [0.2, 0.25) is 0 Å². The number of rotatable bonds is 5. The monoisotopic (exact) mass is 304 g/mol. The number of aryl methyl sites for hydroxylation is 1. The van der Waals surface area contributed by atoms with Crippen molar-refractivity contribution in [3.05, 3.63) is 29.8 Å². The third kappa shape index (κ3) is 4.13. The van der Waals surface area contributed by atoms with Crippen molar-refractivity contribution in [1.82, 2.24) is 15.5 Å². The van der Waals surface area contributed by atoms with Gasteiger partial charge in [-0.1, -0.05) is 18.2 Å². The van der Waals surface area contributed by atoms with Crippen molar-refractivity contribution >= 4 is 17.6 Å². The Kier molecular flexibility index (Phi) is 5.63. The van der Waals surface area contributed by atoms with E-state index in [-0.39, 0.29) is 18.5 Å². The number of nitrogens with one attached hydrogen (secondary N) is 2. The van der Waals surface area contributed by atoms with Gasteiger partial charge in [0.2, 0.25) is 5.91 Å². The van der Waals surface area contributed by atoms with Gasteiger partial charge < -0.3 is 20.4 Å². The van der Waals surface area contributed by atoms with Crippen molar-refractivity contribution in [1.29, 1.82) is 0 Å². The SMILES string of the molecule is CCN(CCNC(=O)N1CCNC(=O)C1)c1ccccc1C. The number of carbonyl (C=O) groups is 2. The summed E-state index contributed by atoms with van der Waals surface area (Å²) < 4.78 is 0. The molecule has 0 saturated carbocycles. The van der Waals surface area contributed by atoms with Crippen LogP contribution in [0.4, 0.5) is 10.5 Å². The highest BCUT2D eigenvalue weighted by molar-refractivity contribution is 5.85. The van der Waals surface area contributed by atoms with Crippen LogP contribution in [0.3, 0.4) is 0 Å². The van der Waals surface area contributed by atoms with E-state index in [2.05, 4.69) is 41.5 Å². The Morgan fingerprint density at radius 2 is 2.18 bits per heavy atom. The van der Waals surface area contributed by atoms with E-state index in [4.69, 9.17) is 0 Å². The normalized spacial score (nSPS) is 14.5. The summed E-state index contributed by atoms with van der Waals surface area (Å²) in [6.07, 6.45) is 0. The van der Waals surface area contributed by atoms with Gasteiger partial charge in [-0.15, -0.1) is 0 Å². The van der Waals surface area contributed by atoms with Crippen LogP contribution in [0.5, 0.6) is 0 Å². The number of benzene rings is 1. The summed E-state index contributed by atoms with van der Waals surface area (Å²) in [4.78, 5) is 27.1. The van der Waals surface area contributed by atoms with E-state index in [9.17, 15) is 9.59 Å². The zero-order chi connectivity index (χ0) is 15.9. The highest BCUT2D eigenvalue weighted by Gasteiger charge is 2.20. The molecule has 22 heavy (non-hydrogen) atoms. The largest absolute Gasteiger partial charge is 0.370 e. The van der Waals surface area contributed by atoms with Crippen LogP contribution in [0.25, 0.3) is 0 Å². The Balaban J connectivity index is 1.82. The predicted molar refractivity (Wildman–Crippen MR) is 87.0 cm³/mol. The number of anilines is 1. The first-order chi connectivity index (χ1) is 10.6. The van der Waals surface area contributed by atoms with Gasteiger partial charge in [0, 0.05) is 38.4 Å². The van der Waals surface area contributed by atoms with Gasteiger partial charge in [-0.3, -0.25) is 4.79 Å². The molecule has 1 fully saturated rings. The first kappa shape index (κ1) is 16.1. The quantitative estimate of drug-likeness (QED) is 0.852. The van der Waals surface area contributed by atoms with Crippen LogP contribution in [-0.4, -0.2) is 56.1 Å². The molecular formula is C16H24N4O2. The van der Waals surface area contributed by atoms with Gasteiger partial charge in [-0.2, -0.15) is 0 Å². The Labute approximate surface area is 131 Å². The topological polar surface area (TPSA) is 64.7 Å². The second kappa shape index (κ2) is 7.68. The van der Waals surface area contributed by atoms with Gasteiger partial charge in [0.15, 0.2) is 0 Å². The van der Waals surface area contributed by atoms with E-state index in [1.54, 1.807) is 4.90 Å². The first-order valence-corrected chi connectivity index (χ1v) is 7.72. The molecule has 1 aliphatic rings. The number of urea groups is 1. The molecule has 2 N–H and O–H groups in total. The molecule has 6 nitrogen and oxygen atoms in total. The van der Waals surface area contributed by atoms with E-state index in [1.807, 2.05) is 12.1 Å². The number of piperazine rings is 1. The summed E-state index contributed by atoms with van der Waals surface area (Å²) >= 11 is 0. The minimum Gasteiger partial charge on any atom is -0.370 e. The molecule has 1 heterocycles. The molecule has 1 aromatic rings. The molecule has 2 rings (SSSR count). The van der Waals surface area contributed by atoms with Gasteiger partial charge in [-0.05, 0) is 25.5 Å². The maximum Gasteiger partial charge on any atom is 0.317 e. The number of likely N-dealkylation sites (N-methyl/N-ethyl adjacent to an activating group) is 1. The average molecular weight is 304 g/mol. The fourth-order valence-electron chi connectivity index (χ4n) is 2.59. The number of amides is 3. The lowest BCUT2D eigenvalue weighted by Crippen LogP contribution is -2.53. The minimum absolute atomic E-state index is 0.100. The van der Waals surface area contributed by atoms with Gasteiger partial charge in [0.05, 0.1) is 0 Å². The van der Waals surface area contributed by atoms with Crippen molar-refractivity contribution in [3.63, 3.8) is 0 Å². The maximum absolute atomic E-state index is 12.0. The number of para-hydroxylation sites is 1. The molecule has 6 heteroatoms. The summed E-state index contributed by atoms with van der Waals surface area (Å²) in [5.41, 5.74) is 2.42. The number of nitrogens with zero attached hydrogens (tertiary/aromatic N) is 2. The van der Waals surface area contributed by atoms with Crippen molar-refractivity contribution in [2.45, 2.75) is 13.8 Å². The number of carbonyl (C=O) groups excluding carboxylic acids is 2. The van der Waals surface area contributed by atoms with E-state index in [1.165, 1.54) is 11.3 Å². The van der Waals surface area contributed by atoms with E-state index < -0.39 is 0 Å². The van der Waals surface area contributed by atoms with Gasteiger partial charge in [-0.25, -0.2) is 4.79 Å². The second-order valence-corrected chi connectivity index (χ2v) is 5.37. The fourth-order valence-corrected chi connectivity index (χ4v) is 2.59. The molecule has 0 aromatic heterocycles. The smallest absolute Gasteiger partial charge is 0.317 e. The molecule has 1 aromatic carbocycles. The van der Waals surface area contributed by atoms with Crippen LogP contribution >= 0.6 is 0 Å². The van der Waals surface area contributed by atoms with Gasteiger partial charge >= 0.3 is 6.03 Å². The van der Waals surface area contributed by atoms with Crippen LogP contribution < -0.4 is 15.5 Å². The lowest BCUT2D eigenvalue weighted by molar-refractivity contribution is -0.123. The zero-order valence-corrected chi connectivity index (χ0v) is 13.3. The lowest BCUT2D eigenvalue weighted by Gasteiger charge is -2.28. The van der Waals surface area contributed by atoms with Crippen molar-refractivity contribution in [2.75, 3.05) is 44.2 Å². The Bertz CT molecular complexity index is 533. The first-order valence-electron chi connectivity index (χ1n) is 7.72. The summed E-state index contributed by atoms with van der Waals surface area (Å²) in [5.74, 6) is -0.100. The third-order valence-electron chi connectivity index (χ3n) is 3.82. The highest BCUT2D eigenvalue weighted by Crippen LogP contribution is 2.18. The Morgan fingerprint density at radius 3 is 2.86 bits per heavy atom. The van der Waals surface area contributed by atoms with Crippen molar-refractivity contribution < 1.29 is 9.59 Å². The predicted octanol–water partition coefficient (Wildman–Crippen LogP) is 0.963. The van der Waals surface area contributed by atoms with Crippen molar-refractivity contribution in [3.8, 4) is 0 Å². The minimum atomic E-state index is -0.171. The third-order valence-corrected chi connectivity index (χ3v) is 3.82. The number of hydrogen-bond donors (Lipinski definition) is 2. The molecule has 0 atom stereocenters. The van der Waals surface area contributed by atoms with Gasteiger partial charge in [0.25, 0.3) is 0 Å². The second-order valence-electron chi connectivity index (χ2n) is 5.37. The molecule has 120 valence electrons.